The Morgan fingerprint density at radius 2 is 2.20 bits per heavy atom. The number of likely N-dealkylation sites (tertiary alicyclic amines) is 1. The first-order valence-electron chi connectivity index (χ1n) is 11.1. The van der Waals surface area contributed by atoms with Crippen LogP contribution in [0, 0.1) is 11.7 Å². The summed E-state index contributed by atoms with van der Waals surface area (Å²) in [5, 5.41) is 18.6. The minimum Gasteiger partial charge on any atom is -0.480 e. The highest BCUT2D eigenvalue weighted by molar-refractivity contribution is 7.11. The normalized spacial score (nSPS) is 26.3. The maximum Gasteiger partial charge on any atom is 0.338 e. The van der Waals surface area contributed by atoms with Crippen molar-refractivity contribution in [3.63, 3.8) is 0 Å². The number of carboxylic acid groups (broad SMARTS) is 1. The second-order valence-electron chi connectivity index (χ2n) is 8.76. The van der Waals surface area contributed by atoms with Crippen LogP contribution in [0.25, 0.3) is 0 Å². The number of thiazole rings is 1. The van der Waals surface area contributed by atoms with Crippen molar-refractivity contribution in [2.45, 2.75) is 24.5 Å². The van der Waals surface area contributed by atoms with E-state index in [-0.39, 0.29) is 22.6 Å². The van der Waals surface area contributed by atoms with Crippen molar-refractivity contribution in [3.8, 4) is 0 Å². The van der Waals surface area contributed by atoms with Crippen LogP contribution in [0.4, 0.5) is 4.39 Å². The summed E-state index contributed by atoms with van der Waals surface area (Å²) in [5.74, 6) is -1.50. The zero-order valence-corrected chi connectivity index (χ0v) is 20.3. The SMILES string of the molecule is COC(=O)C1=C(CN2CC3C[C@@H](C2)C(C(=O)O)N3)NC(c2nccs2)=NC1c1ccc(F)cc1Cl. The molecular weight excluding hydrogens is 497 g/mol. The highest BCUT2D eigenvalue weighted by Gasteiger charge is 2.44. The minimum atomic E-state index is -0.853. The van der Waals surface area contributed by atoms with E-state index in [1.54, 1.807) is 6.20 Å². The monoisotopic (exact) mass is 519 g/mol. The van der Waals surface area contributed by atoms with Crippen molar-refractivity contribution >= 4 is 40.7 Å². The summed E-state index contributed by atoms with van der Waals surface area (Å²) in [7, 11) is 1.29. The third kappa shape index (κ3) is 4.68. The van der Waals surface area contributed by atoms with Gasteiger partial charge >= 0.3 is 11.9 Å². The molecule has 2 fully saturated rings. The molecule has 4 heterocycles. The fourth-order valence-corrected chi connectivity index (χ4v) is 5.94. The summed E-state index contributed by atoms with van der Waals surface area (Å²) >= 11 is 7.77. The average molecular weight is 520 g/mol. The molecule has 9 nitrogen and oxygen atoms in total. The highest BCUT2D eigenvalue weighted by atomic mass is 35.5. The molecule has 12 heteroatoms. The molecule has 3 aliphatic rings. The van der Waals surface area contributed by atoms with E-state index in [1.807, 2.05) is 5.38 Å². The molecule has 0 amide bonds. The molecule has 2 saturated heterocycles. The Hall–Kier alpha value is -2.86. The fraction of sp³-hybridized carbons (Fsp3) is 0.391. The second-order valence-corrected chi connectivity index (χ2v) is 10.1. The third-order valence-electron chi connectivity index (χ3n) is 6.52. The molecule has 3 N–H and O–H groups in total. The van der Waals surface area contributed by atoms with Crippen molar-refractivity contribution in [2.75, 3.05) is 26.7 Å². The molecule has 5 rings (SSSR count). The van der Waals surface area contributed by atoms with Crippen molar-refractivity contribution in [2.24, 2.45) is 10.9 Å². The van der Waals surface area contributed by atoms with Crippen LogP contribution in [-0.2, 0) is 14.3 Å². The Kier molecular flexibility index (Phi) is 6.58. The number of benzene rings is 1. The lowest BCUT2D eigenvalue weighted by Gasteiger charge is -2.34. The van der Waals surface area contributed by atoms with Gasteiger partial charge in [0.2, 0.25) is 0 Å². The zero-order chi connectivity index (χ0) is 24.7. The summed E-state index contributed by atoms with van der Waals surface area (Å²) in [5.41, 5.74) is 1.30. The van der Waals surface area contributed by atoms with E-state index in [0.29, 0.717) is 41.7 Å². The van der Waals surface area contributed by atoms with Gasteiger partial charge < -0.3 is 20.5 Å². The number of hydrogen-bond donors (Lipinski definition) is 3. The number of nitrogens with zero attached hydrogens (tertiary/aromatic N) is 3. The van der Waals surface area contributed by atoms with Gasteiger partial charge in [-0.2, -0.15) is 0 Å². The molecule has 0 spiro atoms. The smallest absolute Gasteiger partial charge is 0.338 e. The number of ether oxygens (including phenoxy) is 1. The van der Waals surface area contributed by atoms with E-state index in [9.17, 15) is 19.1 Å². The Balaban J connectivity index is 1.54. The number of amidine groups is 1. The van der Waals surface area contributed by atoms with E-state index in [1.165, 1.54) is 36.6 Å². The van der Waals surface area contributed by atoms with E-state index < -0.39 is 29.8 Å². The van der Waals surface area contributed by atoms with Gasteiger partial charge in [-0.3, -0.25) is 14.7 Å². The molecule has 0 radical (unpaired) electrons. The van der Waals surface area contributed by atoms with Crippen molar-refractivity contribution < 1.29 is 23.8 Å². The number of fused-ring (bicyclic) bond motifs is 2. The molecule has 35 heavy (non-hydrogen) atoms. The Morgan fingerprint density at radius 3 is 2.89 bits per heavy atom. The van der Waals surface area contributed by atoms with Crippen LogP contribution in [0.15, 0.2) is 46.0 Å². The Morgan fingerprint density at radius 1 is 1.37 bits per heavy atom. The number of hydrogen-bond acceptors (Lipinski definition) is 9. The van der Waals surface area contributed by atoms with Crippen LogP contribution in [0.3, 0.4) is 0 Å². The number of carboxylic acids is 1. The van der Waals surface area contributed by atoms with Crippen LogP contribution in [-0.4, -0.2) is 71.6 Å². The molecule has 184 valence electrons. The molecule has 2 bridgehead atoms. The fourth-order valence-electron chi connectivity index (χ4n) is 5.08. The van der Waals surface area contributed by atoms with Crippen molar-refractivity contribution in [1.82, 2.24) is 20.5 Å². The first kappa shape index (κ1) is 23.9. The Labute approximate surface area is 209 Å². The van der Waals surface area contributed by atoms with E-state index in [0.717, 1.165) is 6.42 Å². The number of rotatable bonds is 6. The first-order valence-corrected chi connectivity index (χ1v) is 12.3. The molecule has 0 aliphatic carbocycles. The molecular formula is C23H23ClFN5O4S. The molecule has 1 aromatic carbocycles. The summed E-state index contributed by atoms with van der Waals surface area (Å²) in [6, 6.07) is 2.60. The number of aliphatic imine (C=N–C) groups is 1. The van der Waals surface area contributed by atoms with Gasteiger partial charge in [0.25, 0.3) is 0 Å². The zero-order valence-electron chi connectivity index (χ0n) is 18.7. The van der Waals surface area contributed by atoms with E-state index >= 15 is 0 Å². The Bertz CT molecular complexity index is 1220. The number of aliphatic carboxylic acids is 1. The predicted molar refractivity (Wildman–Crippen MR) is 128 cm³/mol. The summed E-state index contributed by atoms with van der Waals surface area (Å²) in [6.45, 7) is 1.53. The minimum absolute atomic E-state index is 0.0357. The van der Waals surface area contributed by atoms with Gasteiger partial charge in [-0.25, -0.2) is 14.2 Å². The third-order valence-corrected chi connectivity index (χ3v) is 7.62. The van der Waals surface area contributed by atoms with E-state index in [4.69, 9.17) is 21.3 Å². The average Bonchev–Trinajstić information content (AvgIpc) is 3.46. The molecule has 4 atom stereocenters. The number of halogens is 2. The van der Waals surface area contributed by atoms with Crippen LogP contribution in [0.2, 0.25) is 5.02 Å². The lowest BCUT2D eigenvalue weighted by atomic mass is 9.93. The van der Waals surface area contributed by atoms with Gasteiger partial charge in [-0.05, 0) is 24.5 Å². The number of carbonyl (C=O) groups is 2. The summed E-state index contributed by atoms with van der Waals surface area (Å²) in [4.78, 5) is 35.9. The lowest BCUT2D eigenvalue weighted by Crippen LogP contribution is -2.45. The molecule has 0 saturated carbocycles. The van der Waals surface area contributed by atoms with Gasteiger partial charge in [0, 0.05) is 53.5 Å². The summed E-state index contributed by atoms with van der Waals surface area (Å²) < 4.78 is 18.9. The second kappa shape index (κ2) is 9.65. The molecule has 2 aromatic rings. The largest absolute Gasteiger partial charge is 0.480 e. The number of piperidine rings is 1. The highest BCUT2D eigenvalue weighted by Crippen LogP contribution is 2.37. The molecule has 3 unspecified atom stereocenters. The van der Waals surface area contributed by atoms with Gasteiger partial charge in [0.15, 0.2) is 10.8 Å². The van der Waals surface area contributed by atoms with Crippen LogP contribution >= 0.6 is 22.9 Å². The number of methoxy groups -OCH3 is 1. The standard InChI is InChI=1S/C23H23ClFN5O4S/c1-34-23(33)17-16(10-30-8-11-6-13(9-30)27-18(11)22(31)32)28-20(21-26-4-5-35-21)29-19(17)14-3-2-12(25)7-15(14)24/h2-5,7,11,13,18-19,27H,6,8-10H2,1H3,(H,28,29)(H,31,32)/t11-,13?,18?,19?/m0/s1. The number of aromatic nitrogens is 1. The van der Waals surface area contributed by atoms with Crippen LogP contribution < -0.4 is 10.6 Å². The maximum absolute atomic E-state index is 13.8. The molecule has 1 aromatic heterocycles. The van der Waals surface area contributed by atoms with Crippen molar-refractivity contribution in [3.05, 3.63) is 62.5 Å². The van der Waals surface area contributed by atoms with Gasteiger partial charge in [0.05, 0.1) is 12.7 Å². The number of esters is 1. The van der Waals surface area contributed by atoms with Crippen molar-refractivity contribution in [1.29, 1.82) is 0 Å². The van der Waals surface area contributed by atoms with Crippen LogP contribution in [0.1, 0.15) is 23.0 Å². The quantitative estimate of drug-likeness (QED) is 0.497. The number of carbonyl (C=O) groups excluding carboxylic acids is 1. The lowest BCUT2D eigenvalue weighted by molar-refractivity contribution is -0.140. The van der Waals surface area contributed by atoms with Crippen LogP contribution in [0.5, 0.6) is 0 Å². The van der Waals surface area contributed by atoms with E-state index in [2.05, 4.69) is 20.5 Å². The summed E-state index contributed by atoms with van der Waals surface area (Å²) in [6.07, 6.45) is 2.45. The first-order chi connectivity index (χ1) is 16.8. The maximum atomic E-state index is 13.8. The van der Waals surface area contributed by atoms with Gasteiger partial charge in [0.1, 0.15) is 17.9 Å². The molecule has 3 aliphatic heterocycles. The number of nitrogens with one attached hydrogen (secondary N) is 2. The van der Waals surface area contributed by atoms with Gasteiger partial charge in [-0.15, -0.1) is 11.3 Å². The predicted octanol–water partition coefficient (Wildman–Crippen LogP) is 2.20. The van der Waals surface area contributed by atoms with Gasteiger partial charge in [-0.1, -0.05) is 17.7 Å². The topological polar surface area (TPSA) is 116 Å².